The standard InChI is InChI=1S/C25H22F2N8O3/c1-13-31-12-35(32-13)24-21-20(19(38-2)10-30-24)17(9-28-21)22(36)25(37)33-5-6-34-15(11-33)8-29-23(34)16-4-3-14(26)7-18(16)27/h3-4,7-8,10,12,17,28H,5-6,9,11H2,1-2H3. The van der Waals surface area contributed by atoms with Crippen LogP contribution in [0.4, 0.5) is 14.5 Å². The molecule has 4 aromatic rings. The van der Waals surface area contributed by atoms with Crippen LogP contribution >= 0.6 is 0 Å². The lowest BCUT2D eigenvalue weighted by Gasteiger charge is -2.29. The number of hydrogen-bond donors (Lipinski definition) is 1. The number of pyridine rings is 1. The van der Waals surface area contributed by atoms with Crippen molar-refractivity contribution < 1.29 is 23.1 Å². The van der Waals surface area contributed by atoms with Gasteiger partial charge < -0.3 is 19.5 Å². The number of benzene rings is 1. The van der Waals surface area contributed by atoms with Crippen LogP contribution in [-0.4, -0.2) is 66.1 Å². The Labute approximate surface area is 215 Å². The Bertz CT molecular complexity index is 1600. The number of methoxy groups -OCH3 is 1. The van der Waals surface area contributed by atoms with Crippen molar-refractivity contribution in [3.63, 3.8) is 0 Å². The van der Waals surface area contributed by atoms with Gasteiger partial charge in [-0.2, -0.15) is 5.10 Å². The highest BCUT2D eigenvalue weighted by Crippen LogP contribution is 2.42. The van der Waals surface area contributed by atoms with E-state index in [0.717, 1.165) is 6.07 Å². The highest BCUT2D eigenvalue weighted by molar-refractivity contribution is 6.38. The maximum absolute atomic E-state index is 14.4. The van der Waals surface area contributed by atoms with E-state index >= 15 is 0 Å². The molecule has 38 heavy (non-hydrogen) atoms. The Kier molecular flexibility index (Phi) is 5.62. The number of anilines is 1. The SMILES string of the molecule is COc1cnc(-n2cnc(C)n2)c2c1C(C(=O)C(=O)N1CCn3c(cnc3-c3ccc(F)cc3F)C1)CN2. The van der Waals surface area contributed by atoms with Gasteiger partial charge in [-0.3, -0.25) is 9.59 Å². The van der Waals surface area contributed by atoms with Crippen molar-refractivity contribution in [1.82, 2.24) is 34.2 Å². The number of aryl methyl sites for hydroxylation is 1. The zero-order valence-electron chi connectivity index (χ0n) is 20.5. The predicted octanol–water partition coefficient (Wildman–Crippen LogP) is 2.24. The summed E-state index contributed by atoms with van der Waals surface area (Å²) in [5.41, 5.74) is 1.91. The smallest absolute Gasteiger partial charge is 0.291 e. The van der Waals surface area contributed by atoms with E-state index in [1.54, 1.807) is 11.5 Å². The minimum absolute atomic E-state index is 0.129. The zero-order chi connectivity index (χ0) is 26.6. The second-order valence-electron chi connectivity index (χ2n) is 9.05. The van der Waals surface area contributed by atoms with Crippen molar-refractivity contribution >= 4 is 17.4 Å². The quantitative estimate of drug-likeness (QED) is 0.398. The Morgan fingerprint density at radius 3 is 2.71 bits per heavy atom. The van der Waals surface area contributed by atoms with Crippen LogP contribution < -0.4 is 10.1 Å². The largest absolute Gasteiger partial charge is 0.495 e. The van der Waals surface area contributed by atoms with Crippen LogP contribution in [0.25, 0.3) is 17.2 Å². The van der Waals surface area contributed by atoms with Crippen LogP contribution in [-0.2, 0) is 22.7 Å². The summed E-state index contributed by atoms with van der Waals surface area (Å²) in [6.07, 6.45) is 4.56. The van der Waals surface area contributed by atoms with Crippen molar-refractivity contribution in [3.05, 3.63) is 65.6 Å². The summed E-state index contributed by atoms with van der Waals surface area (Å²) in [6, 6.07) is 3.31. The molecule has 0 saturated heterocycles. The number of imidazole rings is 1. The van der Waals surface area contributed by atoms with Gasteiger partial charge in [-0.1, -0.05) is 0 Å². The molecule has 2 aliphatic rings. The maximum atomic E-state index is 14.4. The van der Waals surface area contributed by atoms with Gasteiger partial charge in [-0.05, 0) is 19.1 Å². The molecular weight excluding hydrogens is 498 g/mol. The molecule has 2 aliphatic heterocycles. The molecular formula is C25H22F2N8O3. The van der Waals surface area contributed by atoms with E-state index < -0.39 is 29.2 Å². The van der Waals surface area contributed by atoms with E-state index in [2.05, 4.69) is 25.4 Å². The van der Waals surface area contributed by atoms with Crippen LogP contribution in [0, 0.1) is 18.6 Å². The summed E-state index contributed by atoms with van der Waals surface area (Å²) in [6.45, 7) is 2.62. The fourth-order valence-corrected chi connectivity index (χ4v) is 4.98. The molecule has 0 spiro atoms. The topological polar surface area (TPSA) is 120 Å². The first-order valence-electron chi connectivity index (χ1n) is 11.9. The van der Waals surface area contributed by atoms with Crippen molar-refractivity contribution in [2.45, 2.75) is 25.9 Å². The number of nitrogens with zero attached hydrogens (tertiary/aromatic N) is 7. The third-order valence-corrected chi connectivity index (χ3v) is 6.81. The first-order valence-corrected chi connectivity index (χ1v) is 11.9. The molecule has 1 aromatic carbocycles. The number of Topliss-reactive ketones (excluding diaryl/α,β-unsaturated/α-hetero) is 1. The van der Waals surface area contributed by atoms with Gasteiger partial charge in [0, 0.05) is 31.3 Å². The van der Waals surface area contributed by atoms with Gasteiger partial charge >= 0.3 is 0 Å². The lowest BCUT2D eigenvalue weighted by atomic mass is 9.95. The summed E-state index contributed by atoms with van der Waals surface area (Å²) in [5.74, 6) is -1.65. The van der Waals surface area contributed by atoms with Gasteiger partial charge in [0.15, 0.2) is 5.82 Å². The van der Waals surface area contributed by atoms with Gasteiger partial charge in [0.1, 0.15) is 35.4 Å². The van der Waals surface area contributed by atoms with Crippen molar-refractivity contribution in [2.75, 3.05) is 25.5 Å². The van der Waals surface area contributed by atoms with Gasteiger partial charge in [0.25, 0.3) is 5.91 Å². The lowest BCUT2D eigenvalue weighted by Crippen LogP contribution is -2.43. The number of aromatic nitrogens is 6. The normalized spacial score (nSPS) is 16.1. The molecule has 1 amide bonds. The molecule has 1 atom stereocenters. The molecule has 3 aromatic heterocycles. The van der Waals surface area contributed by atoms with Gasteiger partial charge in [-0.25, -0.2) is 28.4 Å². The van der Waals surface area contributed by atoms with Gasteiger partial charge in [-0.15, -0.1) is 0 Å². The van der Waals surface area contributed by atoms with Crippen molar-refractivity contribution in [1.29, 1.82) is 0 Å². The Morgan fingerprint density at radius 1 is 1.13 bits per heavy atom. The number of rotatable bonds is 5. The highest BCUT2D eigenvalue weighted by Gasteiger charge is 2.40. The minimum atomic E-state index is -0.783. The van der Waals surface area contributed by atoms with E-state index in [1.165, 1.54) is 47.5 Å². The highest BCUT2D eigenvalue weighted by atomic mass is 19.1. The number of carbonyl (C=O) groups excluding carboxylic acids is 2. The summed E-state index contributed by atoms with van der Waals surface area (Å²) < 4.78 is 36.5. The monoisotopic (exact) mass is 520 g/mol. The second kappa shape index (κ2) is 9.01. The fraction of sp³-hybridized carbons (Fsp3) is 0.280. The summed E-state index contributed by atoms with van der Waals surface area (Å²) >= 11 is 0. The molecule has 5 heterocycles. The molecule has 11 nitrogen and oxygen atoms in total. The molecule has 0 fully saturated rings. The summed E-state index contributed by atoms with van der Waals surface area (Å²) in [4.78, 5) is 41.2. The molecule has 0 radical (unpaired) electrons. The number of ether oxygens (including phenoxy) is 1. The minimum Gasteiger partial charge on any atom is -0.495 e. The third kappa shape index (κ3) is 3.78. The van der Waals surface area contributed by atoms with Crippen molar-refractivity contribution in [2.24, 2.45) is 0 Å². The second-order valence-corrected chi connectivity index (χ2v) is 9.05. The molecule has 13 heteroatoms. The fourth-order valence-electron chi connectivity index (χ4n) is 4.98. The average molecular weight is 521 g/mol. The van der Waals surface area contributed by atoms with Gasteiger partial charge in [0.05, 0.1) is 48.9 Å². The first-order chi connectivity index (χ1) is 18.4. The number of ketones is 1. The maximum Gasteiger partial charge on any atom is 0.291 e. The first kappa shape index (κ1) is 23.7. The summed E-state index contributed by atoms with van der Waals surface area (Å²) in [5, 5.41) is 7.49. The van der Waals surface area contributed by atoms with E-state index in [1.807, 2.05) is 0 Å². The molecule has 1 N–H and O–H groups in total. The van der Waals surface area contributed by atoms with E-state index in [-0.39, 0.29) is 25.2 Å². The number of hydrogen-bond acceptors (Lipinski definition) is 8. The molecule has 0 bridgehead atoms. The molecule has 194 valence electrons. The predicted molar refractivity (Wildman–Crippen MR) is 130 cm³/mol. The number of nitrogens with one attached hydrogen (secondary N) is 1. The number of carbonyl (C=O) groups is 2. The molecule has 1 unspecified atom stereocenters. The van der Waals surface area contributed by atoms with Crippen molar-refractivity contribution in [3.8, 4) is 23.0 Å². The summed E-state index contributed by atoms with van der Waals surface area (Å²) in [7, 11) is 1.48. The van der Waals surface area contributed by atoms with E-state index in [0.29, 0.717) is 46.7 Å². The Hall–Kier alpha value is -4.68. The zero-order valence-corrected chi connectivity index (χ0v) is 20.5. The van der Waals surface area contributed by atoms with Crippen LogP contribution in [0.3, 0.4) is 0 Å². The lowest BCUT2D eigenvalue weighted by molar-refractivity contribution is -0.146. The van der Waals surface area contributed by atoms with Crippen LogP contribution in [0.1, 0.15) is 23.0 Å². The number of fused-ring (bicyclic) bond motifs is 2. The van der Waals surface area contributed by atoms with Crippen LogP contribution in [0.15, 0.2) is 36.9 Å². The Morgan fingerprint density at radius 2 is 1.97 bits per heavy atom. The molecule has 6 rings (SSSR count). The van der Waals surface area contributed by atoms with Crippen LogP contribution in [0.5, 0.6) is 5.75 Å². The molecule has 0 saturated carbocycles. The van der Waals surface area contributed by atoms with E-state index in [9.17, 15) is 18.4 Å². The Balaban J connectivity index is 1.26. The third-order valence-electron chi connectivity index (χ3n) is 6.81. The number of amides is 1. The van der Waals surface area contributed by atoms with Gasteiger partial charge in [0.2, 0.25) is 5.78 Å². The average Bonchev–Trinajstić information content (AvgIpc) is 3.65. The molecule has 0 aliphatic carbocycles. The number of halogens is 2. The van der Waals surface area contributed by atoms with E-state index in [4.69, 9.17) is 4.74 Å². The van der Waals surface area contributed by atoms with Crippen LogP contribution in [0.2, 0.25) is 0 Å².